The number of aromatic amines is 1. The fourth-order valence-electron chi connectivity index (χ4n) is 11.7. The molecule has 595 valence electrons. The third kappa shape index (κ3) is 23.3. The van der Waals surface area contributed by atoms with Crippen molar-refractivity contribution >= 4 is 95.1 Å². The summed E-state index contributed by atoms with van der Waals surface area (Å²) in [7, 11) is -5.29. The standard InChI is InChI=1S/C65H79F5N13O20P2S2.Tm/c1-37(2)51(72-25-11-9-12-27-81-47(86)22-23-48(81)87)58(88)74-30-46(85)78-62-80-55(65(68,69)70)44(107-62)33-96-64(91)73-26-10-7-5-3-4-6-8-13-29-95-40-20-16-39(17-21-40)61(89)99-41-18-14-38(15-19-41)34-106-105(94)98-32-43-53(49(66)60(101-43)83-36-77-52-56(71)75-35-76-57(52)83)102-104(92,93)97-31-42-54(103-105)50(67)59(100-42)82-28-24-45(84)79-63(82)90;/h14-22,24,28,35-37,42-43,49-51,53-54,59-60,72H,3-13,23,25-27,29-34H2,1-2H3,(H,73,91)(H,74,88)(H,92,93)(H2,71,75,76)(H,78,80,85)(H,79,84,90);/q-1;/t42-,43-,49-,50-,51+,53-,54-,59-,60-,105?;/m1./s1. The molecule has 2 unspecified atom stereocenters. The van der Waals surface area contributed by atoms with Crippen LogP contribution in [0.15, 0.2) is 83.0 Å². The number of aromatic nitrogens is 7. The van der Waals surface area contributed by atoms with Crippen LogP contribution >= 0.6 is 37.3 Å². The summed E-state index contributed by atoms with van der Waals surface area (Å²) in [6, 6.07) is 12.6. The molecular weight excluding hydrogens is 1670 g/mol. The topological polar surface area (TPSA) is 429 Å². The van der Waals surface area contributed by atoms with E-state index in [9.17, 15) is 65.6 Å². The molecule has 4 aliphatic rings. The summed E-state index contributed by atoms with van der Waals surface area (Å²) in [5, 5.41) is 10.0. The summed E-state index contributed by atoms with van der Waals surface area (Å²) < 4.78 is 156. The number of carbonyl (C=O) groups excluding carboxylic acids is 6. The van der Waals surface area contributed by atoms with Gasteiger partial charge in [0.05, 0.1) is 55.1 Å². The Morgan fingerprint density at radius 1 is 0.815 bits per heavy atom. The van der Waals surface area contributed by atoms with Crippen LogP contribution in [0.2, 0.25) is 0 Å². The second-order valence-electron chi connectivity index (χ2n) is 25.4. The van der Waals surface area contributed by atoms with Gasteiger partial charge in [0.1, 0.15) is 54.4 Å². The van der Waals surface area contributed by atoms with Crippen molar-refractivity contribution in [1.29, 1.82) is 0 Å². The molecule has 8 N–H and O–H groups in total. The van der Waals surface area contributed by atoms with Crippen molar-refractivity contribution in [3.63, 3.8) is 0 Å². The van der Waals surface area contributed by atoms with Crippen molar-refractivity contribution in [3.8, 4) is 11.5 Å². The summed E-state index contributed by atoms with van der Waals surface area (Å²) in [5.41, 5.74) is 3.48. The summed E-state index contributed by atoms with van der Waals surface area (Å²) in [4.78, 5) is 129. The minimum absolute atomic E-state index is 0. The fourth-order valence-corrected chi connectivity index (χ4v) is 16.9. The van der Waals surface area contributed by atoms with Gasteiger partial charge in [-0.3, -0.25) is 57.8 Å². The first kappa shape index (κ1) is 85.0. The summed E-state index contributed by atoms with van der Waals surface area (Å²) >= 11 is 1.04. The van der Waals surface area contributed by atoms with E-state index >= 15 is 8.78 Å². The third-order valence-corrected chi connectivity index (χ3v) is 22.8. The van der Waals surface area contributed by atoms with Crippen molar-refractivity contribution in [3.05, 3.63) is 122 Å². The molecule has 4 saturated heterocycles. The number of nitrogen functional groups attached to an aromatic ring is 1. The first-order valence-electron chi connectivity index (χ1n) is 34.2. The van der Waals surface area contributed by atoms with Crippen LogP contribution < -0.4 is 47.7 Å². The van der Waals surface area contributed by atoms with Crippen molar-refractivity contribution in [2.75, 3.05) is 57.1 Å². The maximum atomic E-state index is 16.6. The number of nitrogens with one attached hydrogen (secondary N) is 5. The zero-order chi connectivity index (χ0) is 76.6. The number of rotatable bonds is 33. The van der Waals surface area contributed by atoms with Gasteiger partial charge in [0.2, 0.25) is 11.8 Å². The molecule has 6 aromatic rings. The number of halogens is 5. The number of nitrogens with zero attached hydrogens (tertiary/aromatic N) is 7. The van der Waals surface area contributed by atoms with Crippen LogP contribution in [0.5, 0.6) is 11.5 Å². The van der Waals surface area contributed by atoms with Crippen LogP contribution in [0.25, 0.3) is 11.2 Å². The van der Waals surface area contributed by atoms with Gasteiger partial charge in [0.25, 0.3) is 5.56 Å². The number of ether oxygens (including phenoxy) is 5. The van der Waals surface area contributed by atoms with E-state index in [1.54, 1.807) is 26.0 Å². The Morgan fingerprint density at radius 3 is 2.14 bits per heavy atom. The number of carbonyl (C=O) groups is 6. The van der Waals surface area contributed by atoms with Gasteiger partial charge in [0.15, 0.2) is 53.0 Å². The van der Waals surface area contributed by atoms with Crippen molar-refractivity contribution in [2.45, 2.75) is 165 Å². The fraction of sp³-hybridized carbons (Fsp3) is 0.523. The smallest absolute Gasteiger partial charge is 0.472 e. The molecule has 0 aliphatic carbocycles. The molecule has 5 amide bonds. The van der Waals surface area contributed by atoms with Crippen LogP contribution in [0, 0.1) is 49.2 Å². The predicted molar refractivity (Wildman–Crippen MR) is 372 cm³/mol. The number of alkyl carbamates (subject to hydrolysis) is 1. The number of nitrogens with two attached hydrogens (primary N) is 1. The predicted octanol–water partition coefficient (Wildman–Crippen LogP) is 8.31. The molecule has 11 atom stereocenters. The number of esters is 1. The van der Waals surface area contributed by atoms with E-state index in [-0.39, 0.29) is 102 Å². The molecule has 43 heteroatoms. The molecular formula is C65H79F5N13O20P2S2Tm-. The number of imide groups is 1. The average molecular weight is 1750 g/mol. The minimum atomic E-state index is -5.29. The average Bonchev–Trinajstić information content (AvgIpc) is 1.61. The summed E-state index contributed by atoms with van der Waals surface area (Å²) in [5.74, 6) is -2.29. The molecule has 0 saturated carbocycles. The molecule has 4 fully saturated rings. The Bertz CT molecular complexity index is 4310. The third-order valence-electron chi connectivity index (χ3n) is 17.2. The molecule has 1 radical (unpaired) electrons. The number of benzene rings is 2. The largest absolute Gasteiger partial charge is 0.494 e. The van der Waals surface area contributed by atoms with Crippen LogP contribution in [0.1, 0.15) is 130 Å². The summed E-state index contributed by atoms with van der Waals surface area (Å²) in [6.45, 7) is -2.89. The van der Waals surface area contributed by atoms with Gasteiger partial charge < -0.3 is 65.3 Å². The van der Waals surface area contributed by atoms with E-state index in [4.69, 9.17) is 47.5 Å². The Balaban J connectivity index is 0.0000135. The van der Waals surface area contributed by atoms with Gasteiger partial charge in [-0.1, -0.05) is 88.7 Å². The van der Waals surface area contributed by atoms with Crippen LogP contribution in [0.4, 0.5) is 37.7 Å². The van der Waals surface area contributed by atoms with E-state index in [0.717, 1.165) is 74.4 Å². The van der Waals surface area contributed by atoms with Gasteiger partial charge in [-0.15, -0.1) is 0 Å². The number of phosphoric acid groups is 1. The second-order valence-corrected chi connectivity index (χ2v) is 31.9. The number of anilines is 2. The Hall–Kier alpha value is -7.04. The minimum Gasteiger partial charge on any atom is -0.494 e. The van der Waals surface area contributed by atoms with E-state index in [2.05, 4.69) is 41.2 Å². The molecule has 0 spiro atoms. The molecule has 0 bridgehead atoms. The van der Waals surface area contributed by atoms with Gasteiger partial charge in [-0.25, -0.2) is 52.2 Å². The van der Waals surface area contributed by atoms with Crippen LogP contribution in [-0.4, -0.2) is 168 Å². The molecule has 8 heterocycles. The number of likely N-dealkylation sites (tertiary alicyclic amines) is 1. The monoisotopic (exact) mass is 1750 g/mol. The number of hydrogen-bond donors (Lipinski definition) is 7. The number of thiazole rings is 1. The Morgan fingerprint density at radius 2 is 1.46 bits per heavy atom. The molecule has 4 aromatic heterocycles. The van der Waals surface area contributed by atoms with E-state index < -0.39 is 153 Å². The van der Waals surface area contributed by atoms with Crippen molar-refractivity contribution < 1.29 is 143 Å². The first-order valence-corrected chi connectivity index (χ1v) is 39.6. The van der Waals surface area contributed by atoms with Crippen LogP contribution in [-0.2, 0) is 79.1 Å². The zero-order valence-corrected chi connectivity index (χ0v) is 63.1. The number of H-pyrrole nitrogens is 1. The number of unbranched alkanes of at least 4 members (excludes halogenated alkanes) is 9. The summed E-state index contributed by atoms with van der Waals surface area (Å²) in [6.07, 6.45) is -7.95. The molecule has 2 aromatic carbocycles. The molecule has 33 nitrogen and oxygen atoms in total. The molecule has 4 aliphatic heterocycles. The molecule has 10 rings (SSSR count). The first-order chi connectivity index (χ1) is 51.1. The Kier molecular flexibility index (Phi) is 30.9. The Labute approximate surface area is 650 Å². The maximum absolute atomic E-state index is 16.6. The number of alkyl halides is 5. The van der Waals surface area contributed by atoms with Gasteiger partial charge >= 0.3 is 38.5 Å². The van der Waals surface area contributed by atoms with Crippen molar-refractivity contribution in [1.82, 2.24) is 54.9 Å². The van der Waals surface area contributed by atoms with E-state index in [1.807, 2.05) is 4.98 Å². The molecule has 108 heavy (non-hydrogen) atoms. The SMILES string of the molecule is CC(C)[C@H](NCCCCCN1C(=O)[CH-]CC1=O)C(=O)NCC(=O)Nc1nc(C(F)(F)F)c(COC(=O)NCCCCCCCCCCOc2ccc(C(=O)Oc3ccc(CSP4(=O)OC[C@H]5O[C@@H](n6cnc7c(N)ncnc76)[C@H](F)[C@@H]5OP(=O)(O)OC[C@H]5O[C@@H](n6ccc(=O)[nH]c6=O)[C@H](F)[C@@H]5O4)cc3)cc2)s1.[Tm]. The van der Waals surface area contributed by atoms with Gasteiger partial charge in [-0.2, -0.15) is 13.2 Å². The van der Waals surface area contributed by atoms with Gasteiger partial charge in [0, 0.05) is 68.0 Å². The zero-order valence-electron chi connectivity index (χ0n) is 57.9. The number of hydrogen-bond acceptors (Lipinski definition) is 27. The number of amides is 5. The van der Waals surface area contributed by atoms with Crippen molar-refractivity contribution in [2.24, 2.45) is 5.92 Å². The number of phosphoric ester groups is 1. The van der Waals surface area contributed by atoms with E-state index in [0.29, 0.717) is 84.0 Å². The maximum Gasteiger partial charge on any atom is 0.472 e. The normalized spacial score (nSPS) is 23.3. The van der Waals surface area contributed by atoms with E-state index in [1.165, 1.54) is 47.7 Å². The number of fused-ring (bicyclic) bond motifs is 3. The van der Waals surface area contributed by atoms with Gasteiger partial charge in [-0.05, 0) is 91.5 Å². The van der Waals surface area contributed by atoms with Crippen LogP contribution in [0.3, 0.4) is 0 Å². The second kappa shape index (κ2) is 39.2. The quantitative estimate of drug-likeness (QED) is 0.00387. The number of imidazole rings is 1.